The topological polar surface area (TPSA) is 84.9 Å². The Bertz CT molecular complexity index is 1130. The van der Waals surface area contributed by atoms with Crippen LogP contribution in [0.1, 0.15) is 5.56 Å². The Hall–Kier alpha value is -3.52. The third-order valence-corrected chi connectivity index (χ3v) is 6.64. The van der Waals surface area contributed by atoms with Gasteiger partial charge in [0.25, 0.3) is 10.0 Å². The van der Waals surface area contributed by atoms with Crippen LogP contribution in [0.3, 0.4) is 0 Å². The number of anilines is 1. The number of amides is 1. The molecule has 3 rings (SSSR count). The number of nitrogens with one attached hydrogen (secondary N) is 1. The summed E-state index contributed by atoms with van der Waals surface area (Å²) in [6.45, 7) is 0.00865. The van der Waals surface area contributed by atoms with E-state index in [4.69, 9.17) is 9.47 Å². The minimum absolute atomic E-state index is 0.0429. The number of hydrogen-bond donors (Lipinski definition) is 1. The third-order valence-electron chi connectivity index (χ3n) is 4.87. The number of carbonyl (C=O) groups excluding carboxylic acids is 1. The zero-order valence-corrected chi connectivity index (χ0v) is 18.8. The first-order chi connectivity index (χ1) is 15.5. The Morgan fingerprint density at radius 3 is 2.19 bits per heavy atom. The Balaban J connectivity index is 1.84. The maximum Gasteiger partial charge on any atom is 0.264 e. The molecular weight excluding hydrogens is 428 g/mol. The Kier molecular flexibility index (Phi) is 7.72. The van der Waals surface area contributed by atoms with E-state index < -0.39 is 15.9 Å². The highest BCUT2D eigenvalue weighted by Crippen LogP contribution is 2.32. The van der Waals surface area contributed by atoms with E-state index in [2.05, 4.69) is 5.32 Å². The van der Waals surface area contributed by atoms with Crippen molar-refractivity contribution in [3.05, 3.63) is 84.4 Å². The van der Waals surface area contributed by atoms with Crippen molar-refractivity contribution in [2.24, 2.45) is 0 Å². The molecular formula is C24H26N2O5S. The van der Waals surface area contributed by atoms with Crippen molar-refractivity contribution in [3.63, 3.8) is 0 Å². The molecule has 0 saturated heterocycles. The summed E-state index contributed by atoms with van der Waals surface area (Å²) in [6, 6.07) is 22.5. The molecule has 0 fully saturated rings. The Morgan fingerprint density at radius 2 is 1.53 bits per heavy atom. The second kappa shape index (κ2) is 10.7. The average Bonchev–Trinajstić information content (AvgIpc) is 2.83. The van der Waals surface area contributed by atoms with Crippen molar-refractivity contribution in [2.45, 2.75) is 11.3 Å². The van der Waals surface area contributed by atoms with Crippen LogP contribution in [0.5, 0.6) is 11.5 Å². The molecule has 32 heavy (non-hydrogen) atoms. The van der Waals surface area contributed by atoms with Crippen LogP contribution in [-0.4, -0.2) is 41.6 Å². The second-order valence-corrected chi connectivity index (χ2v) is 8.81. The molecule has 7 nitrogen and oxygen atoms in total. The zero-order valence-electron chi connectivity index (χ0n) is 18.0. The lowest BCUT2D eigenvalue weighted by atomic mass is 10.1. The summed E-state index contributed by atoms with van der Waals surface area (Å²) in [4.78, 5) is 12.8. The van der Waals surface area contributed by atoms with E-state index in [1.807, 2.05) is 30.3 Å². The van der Waals surface area contributed by atoms with Gasteiger partial charge in [0.05, 0.1) is 24.8 Å². The first-order valence-corrected chi connectivity index (χ1v) is 11.5. The van der Waals surface area contributed by atoms with E-state index in [0.717, 1.165) is 9.87 Å². The summed E-state index contributed by atoms with van der Waals surface area (Å²) in [5, 5.41) is 2.80. The summed E-state index contributed by atoms with van der Waals surface area (Å²) in [7, 11) is -1.09. The largest absolute Gasteiger partial charge is 0.497 e. The van der Waals surface area contributed by atoms with Crippen molar-refractivity contribution < 1.29 is 22.7 Å². The summed E-state index contributed by atoms with van der Waals surface area (Å²) < 4.78 is 38.5. The molecule has 0 aromatic heterocycles. The van der Waals surface area contributed by atoms with Gasteiger partial charge < -0.3 is 14.8 Å². The number of benzene rings is 3. The molecule has 0 spiro atoms. The van der Waals surface area contributed by atoms with Gasteiger partial charge in [0, 0.05) is 6.54 Å². The SMILES string of the molecule is COc1ccc(S(=O)(=O)N(CC(=O)NCCc2ccccc2)c2ccccc2OC)cc1. The molecule has 3 aromatic carbocycles. The summed E-state index contributed by atoms with van der Waals surface area (Å²) in [6.07, 6.45) is 0.645. The lowest BCUT2D eigenvalue weighted by Crippen LogP contribution is -2.41. The lowest BCUT2D eigenvalue weighted by Gasteiger charge is -2.25. The summed E-state index contributed by atoms with van der Waals surface area (Å²) in [5.74, 6) is 0.469. The van der Waals surface area contributed by atoms with Crippen LogP contribution in [0, 0.1) is 0 Å². The maximum absolute atomic E-state index is 13.5. The monoisotopic (exact) mass is 454 g/mol. The van der Waals surface area contributed by atoms with E-state index in [-0.39, 0.29) is 17.1 Å². The van der Waals surface area contributed by atoms with Crippen LogP contribution < -0.4 is 19.1 Å². The first-order valence-electron chi connectivity index (χ1n) is 10.1. The van der Waals surface area contributed by atoms with Crippen molar-refractivity contribution in [2.75, 3.05) is 31.6 Å². The number of ether oxygens (including phenoxy) is 2. The highest BCUT2D eigenvalue weighted by atomic mass is 32.2. The molecule has 0 aliphatic carbocycles. The molecule has 0 heterocycles. The van der Waals surface area contributed by atoms with Crippen LogP contribution in [0.4, 0.5) is 5.69 Å². The van der Waals surface area contributed by atoms with Crippen LogP contribution in [0.25, 0.3) is 0 Å². The van der Waals surface area contributed by atoms with Crippen LogP contribution in [0.15, 0.2) is 83.8 Å². The van der Waals surface area contributed by atoms with Gasteiger partial charge in [-0.1, -0.05) is 42.5 Å². The average molecular weight is 455 g/mol. The van der Waals surface area contributed by atoms with Gasteiger partial charge in [-0.3, -0.25) is 9.10 Å². The highest BCUT2D eigenvalue weighted by Gasteiger charge is 2.29. The molecule has 0 atom stereocenters. The summed E-state index contributed by atoms with van der Waals surface area (Å²) in [5.41, 5.74) is 1.37. The van der Waals surface area contributed by atoms with E-state index >= 15 is 0 Å². The van der Waals surface area contributed by atoms with Gasteiger partial charge in [0.1, 0.15) is 18.0 Å². The number of nitrogens with zero attached hydrogens (tertiary/aromatic N) is 1. The van der Waals surface area contributed by atoms with Gasteiger partial charge >= 0.3 is 0 Å². The predicted octanol–water partition coefficient (Wildman–Crippen LogP) is 3.26. The van der Waals surface area contributed by atoms with Crippen molar-refractivity contribution in [1.29, 1.82) is 0 Å². The Labute approximate surface area is 188 Å². The fourth-order valence-corrected chi connectivity index (χ4v) is 4.62. The van der Waals surface area contributed by atoms with Crippen molar-refractivity contribution in [1.82, 2.24) is 5.32 Å². The minimum atomic E-state index is -4.05. The molecule has 0 aliphatic rings. The standard InChI is InChI=1S/C24H26N2O5S/c1-30-20-12-14-21(15-13-20)32(28,29)26(22-10-6-7-11-23(22)31-2)18-24(27)25-17-16-19-8-4-3-5-9-19/h3-15H,16-18H2,1-2H3,(H,25,27). The fraction of sp³-hybridized carbons (Fsp3) is 0.208. The van der Waals surface area contributed by atoms with Gasteiger partial charge in [-0.05, 0) is 48.4 Å². The van der Waals surface area contributed by atoms with E-state index in [1.165, 1.54) is 26.4 Å². The van der Waals surface area contributed by atoms with E-state index in [9.17, 15) is 13.2 Å². The zero-order chi connectivity index (χ0) is 23.0. The second-order valence-electron chi connectivity index (χ2n) is 6.94. The predicted molar refractivity (Wildman–Crippen MR) is 124 cm³/mol. The summed E-state index contributed by atoms with van der Waals surface area (Å²) >= 11 is 0. The quantitative estimate of drug-likeness (QED) is 0.508. The van der Waals surface area contributed by atoms with Gasteiger partial charge in [-0.2, -0.15) is 0 Å². The maximum atomic E-state index is 13.5. The molecule has 1 N–H and O–H groups in total. The number of methoxy groups -OCH3 is 2. The molecule has 0 aliphatic heterocycles. The fourth-order valence-electron chi connectivity index (χ4n) is 3.19. The van der Waals surface area contributed by atoms with Crippen molar-refractivity contribution >= 4 is 21.6 Å². The lowest BCUT2D eigenvalue weighted by molar-refractivity contribution is -0.119. The number of carbonyl (C=O) groups is 1. The van der Waals surface area contributed by atoms with Gasteiger partial charge in [-0.25, -0.2) is 8.42 Å². The highest BCUT2D eigenvalue weighted by molar-refractivity contribution is 7.92. The number of hydrogen-bond acceptors (Lipinski definition) is 5. The smallest absolute Gasteiger partial charge is 0.264 e. The molecule has 0 radical (unpaired) electrons. The molecule has 3 aromatic rings. The molecule has 0 unspecified atom stereocenters. The van der Waals surface area contributed by atoms with E-state index in [0.29, 0.717) is 24.5 Å². The first kappa shape index (κ1) is 23.1. The number of sulfonamides is 1. The van der Waals surface area contributed by atoms with Crippen LogP contribution in [0.2, 0.25) is 0 Å². The van der Waals surface area contributed by atoms with Gasteiger partial charge in [-0.15, -0.1) is 0 Å². The molecule has 0 saturated carbocycles. The molecule has 0 bridgehead atoms. The molecule has 8 heteroatoms. The van der Waals surface area contributed by atoms with Crippen molar-refractivity contribution in [3.8, 4) is 11.5 Å². The van der Waals surface area contributed by atoms with Gasteiger partial charge in [0.2, 0.25) is 5.91 Å². The number of rotatable bonds is 10. The molecule has 168 valence electrons. The van der Waals surface area contributed by atoms with E-state index in [1.54, 1.807) is 36.4 Å². The van der Waals surface area contributed by atoms with Crippen LogP contribution >= 0.6 is 0 Å². The minimum Gasteiger partial charge on any atom is -0.497 e. The normalized spacial score (nSPS) is 10.9. The van der Waals surface area contributed by atoms with Crippen LogP contribution in [-0.2, 0) is 21.2 Å². The van der Waals surface area contributed by atoms with Gasteiger partial charge in [0.15, 0.2) is 0 Å². The molecule has 1 amide bonds. The Morgan fingerprint density at radius 1 is 0.875 bits per heavy atom. The third kappa shape index (κ3) is 5.59. The number of para-hydroxylation sites is 2.